The van der Waals surface area contributed by atoms with E-state index in [2.05, 4.69) is 26.5 Å². The second kappa shape index (κ2) is 6.48. The SMILES string of the molecule is C=C1CC[C@@]2(O)[C@H]3Cc4ccc(C(N)=O)c(O)c4C2(CCC3CC=C(C)C)C1. The van der Waals surface area contributed by atoms with E-state index in [4.69, 9.17) is 5.73 Å². The van der Waals surface area contributed by atoms with Gasteiger partial charge in [0.2, 0.25) is 0 Å². The van der Waals surface area contributed by atoms with Gasteiger partial charge in [-0.05, 0) is 82.3 Å². The number of hydrogen-bond acceptors (Lipinski definition) is 3. The minimum atomic E-state index is -0.882. The first-order chi connectivity index (χ1) is 13.2. The molecule has 4 N–H and O–H groups in total. The zero-order valence-corrected chi connectivity index (χ0v) is 16.9. The lowest BCUT2D eigenvalue weighted by Gasteiger charge is -2.63. The first-order valence-electron chi connectivity index (χ1n) is 10.4. The van der Waals surface area contributed by atoms with E-state index in [0.29, 0.717) is 18.8 Å². The number of amides is 1. The summed E-state index contributed by atoms with van der Waals surface area (Å²) in [5.41, 5.74) is 8.43. The molecule has 4 atom stereocenters. The largest absolute Gasteiger partial charge is 0.507 e. The topological polar surface area (TPSA) is 83.5 Å². The van der Waals surface area contributed by atoms with Gasteiger partial charge in [0.25, 0.3) is 5.91 Å². The van der Waals surface area contributed by atoms with E-state index < -0.39 is 16.9 Å². The Morgan fingerprint density at radius 1 is 1.36 bits per heavy atom. The van der Waals surface area contributed by atoms with Crippen LogP contribution >= 0.6 is 0 Å². The van der Waals surface area contributed by atoms with Crippen molar-refractivity contribution < 1.29 is 15.0 Å². The van der Waals surface area contributed by atoms with E-state index in [1.807, 2.05) is 6.07 Å². The molecule has 2 bridgehead atoms. The molecule has 4 rings (SSSR count). The summed E-state index contributed by atoms with van der Waals surface area (Å²) in [4.78, 5) is 11.9. The van der Waals surface area contributed by atoms with E-state index in [9.17, 15) is 15.0 Å². The molecule has 1 amide bonds. The van der Waals surface area contributed by atoms with E-state index in [-0.39, 0.29) is 17.2 Å². The van der Waals surface area contributed by atoms with Crippen LogP contribution in [0, 0.1) is 11.8 Å². The molecule has 0 spiro atoms. The number of allylic oxidation sites excluding steroid dienone is 3. The summed E-state index contributed by atoms with van der Waals surface area (Å²) < 4.78 is 0. The van der Waals surface area contributed by atoms with Crippen molar-refractivity contribution >= 4 is 5.91 Å². The molecule has 0 aromatic heterocycles. The van der Waals surface area contributed by atoms with Crippen molar-refractivity contribution in [3.8, 4) is 5.75 Å². The van der Waals surface area contributed by atoms with Gasteiger partial charge in [0.15, 0.2) is 0 Å². The van der Waals surface area contributed by atoms with Crippen LogP contribution in [0.25, 0.3) is 0 Å². The molecule has 2 unspecified atom stereocenters. The Kier molecular flexibility index (Phi) is 4.46. The molecule has 1 aromatic rings. The molecule has 1 aromatic carbocycles. The molecule has 0 radical (unpaired) electrons. The predicted molar refractivity (Wildman–Crippen MR) is 110 cm³/mol. The second-order valence-corrected chi connectivity index (χ2v) is 9.42. The van der Waals surface area contributed by atoms with Crippen molar-refractivity contribution in [3.05, 3.63) is 52.6 Å². The van der Waals surface area contributed by atoms with E-state index in [1.54, 1.807) is 6.07 Å². The summed E-state index contributed by atoms with van der Waals surface area (Å²) in [6.07, 6.45) is 7.94. The Labute approximate surface area is 167 Å². The third kappa shape index (κ3) is 2.57. The number of aromatic hydroxyl groups is 1. The van der Waals surface area contributed by atoms with Gasteiger partial charge in [-0.3, -0.25) is 4.79 Å². The normalized spacial score (nSPS) is 33.6. The third-order valence-electron chi connectivity index (χ3n) is 7.64. The van der Waals surface area contributed by atoms with Crippen LogP contribution in [-0.2, 0) is 11.8 Å². The number of phenols is 1. The summed E-state index contributed by atoms with van der Waals surface area (Å²) in [6, 6.07) is 3.57. The van der Waals surface area contributed by atoms with Gasteiger partial charge >= 0.3 is 0 Å². The zero-order chi connectivity index (χ0) is 20.3. The average molecular weight is 382 g/mol. The lowest BCUT2D eigenvalue weighted by atomic mass is 9.43. The van der Waals surface area contributed by atoms with Crippen molar-refractivity contribution in [3.63, 3.8) is 0 Å². The van der Waals surface area contributed by atoms with Crippen LogP contribution in [0.3, 0.4) is 0 Å². The van der Waals surface area contributed by atoms with E-state index >= 15 is 0 Å². The number of nitrogens with two attached hydrogens (primary N) is 1. The van der Waals surface area contributed by atoms with E-state index in [1.165, 1.54) is 5.57 Å². The quantitative estimate of drug-likeness (QED) is 0.688. The summed E-state index contributed by atoms with van der Waals surface area (Å²) in [6.45, 7) is 8.46. The molecular formula is C24H31NO3. The van der Waals surface area contributed by atoms with Crippen LogP contribution < -0.4 is 5.73 Å². The highest BCUT2D eigenvalue weighted by molar-refractivity contribution is 5.96. The van der Waals surface area contributed by atoms with E-state index in [0.717, 1.165) is 48.8 Å². The highest BCUT2D eigenvalue weighted by atomic mass is 16.3. The van der Waals surface area contributed by atoms with Gasteiger partial charge < -0.3 is 15.9 Å². The molecule has 0 saturated heterocycles. The molecule has 28 heavy (non-hydrogen) atoms. The number of hydrogen-bond donors (Lipinski definition) is 3. The van der Waals surface area contributed by atoms with Crippen LogP contribution in [0.4, 0.5) is 0 Å². The highest BCUT2D eigenvalue weighted by Gasteiger charge is 2.64. The number of carbonyl (C=O) groups excluding carboxylic acids is 1. The number of benzene rings is 1. The van der Waals surface area contributed by atoms with Gasteiger partial charge in [-0.2, -0.15) is 0 Å². The fraction of sp³-hybridized carbons (Fsp3) is 0.542. The maximum absolute atomic E-state index is 12.1. The lowest BCUT2D eigenvalue weighted by Crippen LogP contribution is -2.65. The minimum absolute atomic E-state index is 0.0284. The van der Waals surface area contributed by atoms with Crippen LogP contribution in [-0.4, -0.2) is 21.7 Å². The standard InChI is InChI=1S/C24H31NO3/c1-14(2)4-5-16-9-10-23-13-15(3)8-11-24(23,28)19(16)12-17-6-7-18(22(25)27)21(26)20(17)23/h4,6-7,16,19,26,28H,3,5,8-13H2,1-2H3,(H2,25,27)/t16?,19-,23?,24+/m0/s1. The Morgan fingerprint density at radius 2 is 2.11 bits per heavy atom. The molecule has 4 heteroatoms. The Hall–Kier alpha value is -2.07. The smallest absolute Gasteiger partial charge is 0.252 e. The number of fused-ring (bicyclic) bond motifs is 1. The fourth-order valence-corrected chi connectivity index (χ4v) is 6.35. The Bertz CT molecular complexity index is 882. The Balaban J connectivity index is 1.90. The summed E-state index contributed by atoms with van der Waals surface area (Å²) >= 11 is 0. The third-order valence-corrected chi connectivity index (χ3v) is 7.64. The number of rotatable bonds is 3. The van der Waals surface area contributed by atoms with Crippen molar-refractivity contribution in [1.82, 2.24) is 0 Å². The molecular weight excluding hydrogens is 350 g/mol. The van der Waals surface area contributed by atoms with Crippen LogP contribution in [0.2, 0.25) is 0 Å². The number of carbonyl (C=O) groups is 1. The van der Waals surface area contributed by atoms with Gasteiger partial charge in [-0.15, -0.1) is 0 Å². The van der Waals surface area contributed by atoms with Crippen molar-refractivity contribution in [2.45, 2.75) is 69.8 Å². The average Bonchev–Trinajstić information content (AvgIpc) is 2.61. The first-order valence-corrected chi connectivity index (χ1v) is 10.4. The van der Waals surface area contributed by atoms with Gasteiger partial charge in [-0.25, -0.2) is 0 Å². The van der Waals surface area contributed by atoms with Crippen LogP contribution in [0.1, 0.15) is 73.9 Å². The molecule has 2 fully saturated rings. The van der Waals surface area contributed by atoms with Crippen molar-refractivity contribution in [1.29, 1.82) is 0 Å². The second-order valence-electron chi connectivity index (χ2n) is 9.42. The van der Waals surface area contributed by atoms with Gasteiger partial charge in [0, 0.05) is 11.0 Å². The minimum Gasteiger partial charge on any atom is -0.507 e. The van der Waals surface area contributed by atoms with Crippen LogP contribution in [0.5, 0.6) is 5.75 Å². The fourth-order valence-electron chi connectivity index (χ4n) is 6.35. The number of primary amides is 1. The monoisotopic (exact) mass is 381 g/mol. The van der Waals surface area contributed by atoms with Crippen LogP contribution in [0.15, 0.2) is 35.9 Å². The summed E-state index contributed by atoms with van der Waals surface area (Å²) in [5, 5.41) is 23.2. The lowest BCUT2D eigenvalue weighted by molar-refractivity contribution is -0.157. The predicted octanol–water partition coefficient (Wildman–Crippen LogP) is 4.14. The van der Waals surface area contributed by atoms with Gasteiger partial charge in [-0.1, -0.05) is 29.9 Å². The maximum atomic E-state index is 12.1. The number of aliphatic hydroxyl groups is 1. The zero-order valence-electron chi connectivity index (χ0n) is 16.9. The summed E-state index contributed by atoms with van der Waals surface area (Å²) in [7, 11) is 0. The maximum Gasteiger partial charge on any atom is 0.252 e. The van der Waals surface area contributed by atoms with Gasteiger partial charge in [0.05, 0.1) is 11.2 Å². The highest BCUT2D eigenvalue weighted by Crippen LogP contribution is 2.65. The first kappa shape index (κ1) is 19.3. The van der Waals surface area contributed by atoms with Gasteiger partial charge in [0.1, 0.15) is 5.75 Å². The van der Waals surface area contributed by atoms with Crippen molar-refractivity contribution in [2.75, 3.05) is 0 Å². The molecule has 0 heterocycles. The molecule has 4 nitrogen and oxygen atoms in total. The molecule has 3 aliphatic rings. The molecule has 150 valence electrons. The molecule has 2 saturated carbocycles. The van der Waals surface area contributed by atoms with Crippen molar-refractivity contribution in [2.24, 2.45) is 17.6 Å². The Morgan fingerprint density at radius 3 is 2.79 bits per heavy atom. The summed E-state index contributed by atoms with van der Waals surface area (Å²) in [5.74, 6) is -0.0876. The molecule has 3 aliphatic carbocycles. The molecule has 0 aliphatic heterocycles.